The highest BCUT2D eigenvalue weighted by atomic mass is 15.1. The summed E-state index contributed by atoms with van der Waals surface area (Å²) in [6.07, 6.45) is 2.45. The molecular formula is C9H21N3. The van der Waals surface area contributed by atoms with Gasteiger partial charge >= 0.3 is 0 Å². The fourth-order valence-corrected chi connectivity index (χ4v) is 1.73. The highest BCUT2D eigenvalue weighted by molar-refractivity contribution is 4.74. The summed E-state index contributed by atoms with van der Waals surface area (Å²) >= 11 is 0. The predicted octanol–water partition coefficient (Wildman–Crippen LogP) is -0.123. The number of nitrogens with zero attached hydrogens (tertiary/aromatic N) is 1. The Morgan fingerprint density at radius 3 is 3.00 bits per heavy atom. The van der Waals surface area contributed by atoms with Gasteiger partial charge < -0.3 is 16.0 Å². The SMILES string of the molecule is CN1CCC(CNCCCN)C1. The first kappa shape index (κ1) is 9.96. The third-order valence-electron chi connectivity index (χ3n) is 2.48. The van der Waals surface area contributed by atoms with Crippen molar-refractivity contribution in [1.29, 1.82) is 0 Å². The van der Waals surface area contributed by atoms with Gasteiger partial charge in [-0.25, -0.2) is 0 Å². The zero-order chi connectivity index (χ0) is 8.81. The molecule has 0 spiro atoms. The zero-order valence-electron chi connectivity index (χ0n) is 8.05. The van der Waals surface area contributed by atoms with Crippen molar-refractivity contribution in [2.75, 3.05) is 39.8 Å². The Hall–Kier alpha value is -0.120. The van der Waals surface area contributed by atoms with Crippen LogP contribution in [-0.4, -0.2) is 44.7 Å². The van der Waals surface area contributed by atoms with Gasteiger partial charge in [-0.15, -0.1) is 0 Å². The van der Waals surface area contributed by atoms with Gasteiger partial charge in [-0.3, -0.25) is 0 Å². The lowest BCUT2D eigenvalue weighted by atomic mass is 10.1. The minimum atomic E-state index is 0.803. The quantitative estimate of drug-likeness (QED) is 0.567. The highest BCUT2D eigenvalue weighted by Crippen LogP contribution is 2.12. The molecule has 3 N–H and O–H groups in total. The van der Waals surface area contributed by atoms with Crippen LogP contribution in [0.15, 0.2) is 0 Å². The normalized spacial score (nSPS) is 25.0. The van der Waals surface area contributed by atoms with E-state index in [1.54, 1.807) is 0 Å². The Morgan fingerprint density at radius 2 is 2.42 bits per heavy atom. The van der Waals surface area contributed by atoms with Crippen molar-refractivity contribution in [2.24, 2.45) is 11.7 Å². The Labute approximate surface area is 75.3 Å². The van der Waals surface area contributed by atoms with E-state index in [9.17, 15) is 0 Å². The van der Waals surface area contributed by atoms with Crippen LogP contribution in [0, 0.1) is 5.92 Å². The van der Waals surface area contributed by atoms with Crippen LogP contribution in [-0.2, 0) is 0 Å². The summed E-state index contributed by atoms with van der Waals surface area (Å²) in [5.74, 6) is 0.868. The van der Waals surface area contributed by atoms with Gasteiger partial charge in [0.25, 0.3) is 0 Å². The summed E-state index contributed by atoms with van der Waals surface area (Å²) in [6.45, 7) is 5.58. The molecule has 0 aromatic heterocycles. The lowest BCUT2D eigenvalue weighted by Crippen LogP contribution is -2.26. The first-order valence-corrected chi connectivity index (χ1v) is 4.92. The lowest BCUT2D eigenvalue weighted by molar-refractivity contribution is 0.388. The molecule has 1 saturated heterocycles. The molecule has 12 heavy (non-hydrogen) atoms. The Morgan fingerprint density at radius 1 is 1.58 bits per heavy atom. The van der Waals surface area contributed by atoms with Crippen molar-refractivity contribution in [3.8, 4) is 0 Å². The van der Waals surface area contributed by atoms with Crippen molar-refractivity contribution in [3.63, 3.8) is 0 Å². The van der Waals surface area contributed by atoms with E-state index in [1.807, 2.05) is 0 Å². The van der Waals surface area contributed by atoms with E-state index in [1.165, 1.54) is 26.1 Å². The van der Waals surface area contributed by atoms with Gasteiger partial charge in [-0.05, 0) is 52.0 Å². The second-order valence-electron chi connectivity index (χ2n) is 3.76. The third-order valence-corrected chi connectivity index (χ3v) is 2.48. The molecule has 0 aliphatic carbocycles. The van der Waals surface area contributed by atoms with Crippen LogP contribution < -0.4 is 11.1 Å². The largest absolute Gasteiger partial charge is 0.330 e. The van der Waals surface area contributed by atoms with E-state index < -0.39 is 0 Å². The minimum Gasteiger partial charge on any atom is -0.330 e. The number of rotatable bonds is 5. The maximum absolute atomic E-state index is 5.40. The minimum absolute atomic E-state index is 0.803. The molecule has 0 aromatic rings. The summed E-state index contributed by atoms with van der Waals surface area (Å²) < 4.78 is 0. The van der Waals surface area contributed by atoms with Gasteiger partial charge in [0.2, 0.25) is 0 Å². The fourth-order valence-electron chi connectivity index (χ4n) is 1.73. The molecule has 1 atom stereocenters. The van der Waals surface area contributed by atoms with Gasteiger partial charge in [-0.2, -0.15) is 0 Å². The van der Waals surface area contributed by atoms with Crippen LogP contribution in [0.1, 0.15) is 12.8 Å². The molecule has 72 valence electrons. The van der Waals surface area contributed by atoms with Crippen molar-refractivity contribution < 1.29 is 0 Å². The molecule has 1 aliphatic heterocycles. The van der Waals surface area contributed by atoms with Crippen LogP contribution in [0.3, 0.4) is 0 Å². The Balaban J connectivity index is 1.93. The molecule has 3 nitrogen and oxygen atoms in total. The highest BCUT2D eigenvalue weighted by Gasteiger charge is 2.18. The van der Waals surface area contributed by atoms with Gasteiger partial charge in [-0.1, -0.05) is 0 Å². The van der Waals surface area contributed by atoms with E-state index in [2.05, 4.69) is 17.3 Å². The summed E-state index contributed by atoms with van der Waals surface area (Å²) in [5, 5.41) is 3.44. The van der Waals surface area contributed by atoms with Crippen LogP contribution in [0.2, 0.25) is 0 Å². The molecular weight excluding hydrogens is 150 g/mol. The maximum atomic E-state index is 5.40. The average molecular weight is 171 g/mol. The van der Waals surface area contributed by atoms with Gasteiger partial charge in [0.15, 0.2) is 0 Å². The van der Waals surface area contributed by atoms with Gasteiger partial charge in [0.05, 0.1) is 0 Å². The van der Waals surface area contributed by atoms with Crippen molar-refractivity contribution in [2.45, 2.75) is 12.8 Å². The lowest BCUT2D eigenvalue weighted by Gasteiger charge is -2.10. The molecule has 1 aliphatic rings. The molecule has 3 heteroatoms. The van der Waals surface area contributed by atoms with Gasteiger partial charge in [0, 0.05) is 6.54 Å². The van der Waals surface area contributed by atoms with Crippen molar-refractivity contribution in [3.05, 3.63) is 0 Å². The summed E-state index contributed by atoms with van der Waals surface area (Å²) in [4.78, 5) is 2.40. The second kappa shape index (κ2) is 5.51. The molecule has 0 aromatic carbocycles. The predicted molar refractivity (Wildman–Crippen MR) is 52.1 cm³/mol. The molecule has 0 radical (unpaired) electrons. The average Bonchev–Trinajstić information content (AvgIpc) is 2.45. The monoisotopic (exact) mass is 171 g/mol. The molecule has 1 heterocycles. The molecule has 0 amide bonds. The van der Waals surface area contributed by atoms with E-state index >= 15 is 0 Å². The Kier molecular flexibility index (Phi) is 4.58. The Bertz CT molecular complexity index is 116. The topological polar surface area (TPSA) is 41.3 Å². The summed E-state index contributed by atoms with van der Waals surface area (Å²) in [6, 6.07) is 0. The standard InChI is InChI=1S/C9H21N3/c1-12-6-3-9(8-12)7-11-5-2-4-10/h9,11H,2-8,10H2,1H3. The first-order valence-electron chi connectivity index (χ1n) is 4.92. The number of nitrogens with one attached hydrogen (secondary N) is 1. The molecule has 1 unspecified atom stereocenters. The number of nitrogens with two attached hydrogens (primary N) is 1. The molecule has 1 rings (SSSR count). The molecule has 1 fully saturated rings. The van der Waals surface area contributed by atoms with E-state index in [0.717, 1.165) is 25.4 Å². The third kappa shape index (κ3) is 3.52. The molecule has 0 saturated carbocycles. The number of likely N-dealkylation sites (tertiary alicyclic amines) is 1. The summed E-state index contributed by atoms with van der Waals surface area (Å²) in [5.41, 5.74) is 5.40. The van der Waals surface area contributed by atoms with Crippen LogP contribution in [0.5, 0.6) is 0 Å². The fraction of sp³-hybridized carbons (Fsp3) is 1.00. The molecule has 0 bridgehead atoms. The van der Waals surface area contributed by atoms with Crippen LogP contribution >= 0.6 is 0 Å². The zero-order valence-corrected chi connectivity index (χ0v) is 8.05. The van der Waals surface area contributed by atoms with E-state index in [-0.39, 0.29) is 0 Å². The second-order valence-corrected chi connectivity index (χ2v) is 3.76. The smallest absolute Gasteiger partial charge is 0.00192 e. The number of hydrogen-bond donors (Lipinski definition) is 2. The van der Waals surface area contributed by atoms with Crippen molar-refractivity contribution >= 4 is 0 Å². The van der Waals surface area contributed by atoms with Crippen LogP contribution in [0.25, 0.3) is 0 Å². The van der Waals surface area contributed by atoms with Crippen LogP contribution in [0.4, 0.5) is 0 Å². The number of hydrogen-bond acceptors (Lipinski definition) is 3. The summed E-state index contributed by atoms with van der Waals surface area (Å²) in [7, 11) is 2.19. The first-order chi connectivity index (χ1) is 5.83. The van der Waals surface area contributed by atoms with E-state index in [0.29, 0.717) is 0 Å². The maximum Gasteiger partial charge on any atom is 0.00192 e. The van der Waals surface area contributed by atoms with Crippen molar-refractivity contribution in [1.82, 2.24) is 10.2 Å². The van der Waals surface area contributed by atoms with E-state index in [4.69, 9.17) is 5.73 Å². The van der Waals surface area contributed by atoms with Gasteiger partial charge in [0.1, 0.15) is 0 Å².